The minimum atomic E-state index is -0.00197. The van der Waals surface area contributed by atoms with Crippen LogP contribution in [0.4, 0.5) is 11.6 Å². The monoisotopic (exact) mass is 356 g/mol. The quantitative estimate of drug-likeness (QED) is 0.706. The first-order valence-corrected chi connectivity index (χ1v) is 9.33. The Morgan fingerprint density at radius 1 is 0.815 bits per heavy atom. The number of carbonyl (C=O) groups is 1. The summed E-state index contributed by atoms with van der Waals surface area (Å²) in [5, 5.41) is 0. The summed E-state index contributed by atoms with van der Waals surface area (Å²) in [5.74, 6) is 0.651. The second-order valence-electron chi connectivity index (χ2n) is 7.05. The standard InChI is InChI=1S/C22H20N4O/c27-21(25-11-9-16-5-1-2-7-18(16)15-25)19-13-23-22(24-14-19)26-12-10-17-6-3-4-8-20(17)26/h1-8,13-14H,9-12,15H2. The molecule has 0 saturated carbocycles. The number of anilines is 2. The zero-order valence-electron chi connectivity index (χ0n) is 15.0. The Kier molecular flexibility index (Phi) is 3.85. The van der Waals surface area contributed by atoms with Gasteiger partial charge in [0.05, 0.1) is 5.56 Å². The van der Waals surface area contributed by atoms with E-state index in [2.05, 4.69) is 51.3 Å². The molecule has 2 aromatic carbocycles. The average Bonchev–Trinajstić information content (AvgIpc) is 3.17. The molecule has 3 heterocycles. The largest absolute Gasteiger partial charge is 0.334 e. The molecule has 0 saturated heterocycles. The van der Waals surface area contributed by atoms with Crippen molar-refractivity contribution >= 4 is 17.5 Å². The van der Waals surface area contributed by atoms with Gasteiger partial charge in [-0.05, 0) is 35.6 Å². The summed E-state index contributed by atoms with van der Waals surface area (Å²) in [5.41, 5.74) is 5.58. The summed E-state index contributed by atoms with van der Waals surface area (Å²) in [6.07, 6.45) is 5.21. The van der Waals surface area contributed by atoms with Crippen LogP contribution in [0.25, 0.3) is 0 Å². The molecule has 5 rings (SSSR count). The first kappa shape index (κ1) is 16.0. The van der Waals surface area contributed by atoms with E-state index in [0.717, 1.165) is 31.6 Å². The lowest BCUT2D eigenvalue weighted by Crippen LogP contribution is -2.36. The van der Waals surface area contributed by atoms with Crippen LogP contribution in [0.3, 0.4) is 0 Å². The summed E-state index contributed by atoms with van der Waals surface area (Å²) < 4.78 is 0. The maximum Gasteiger partial charge on any atom is 0.257 e. The first-order valence-electron chi connectivity index (χ1n) is 9.33. The number of hydrogen-bond acceptors (Lipinski definition) is 4. The van der Waals surface area contributed by atoms with Gasteiger partial charge < -0.3 is 9.80 Å². The van der Waals surface area contributed by atoms with E-state index < -0.39 is 0 Å². The van der Waals surface area contributed by atoms with Gasteiger partial charge in [0.25, 0.3) is 5.91 Å². The Balaban J connectivity index is 1.35. The Labute approximate surface area is 158 Å². The lowest BCUT2D eigenvalue weighted by atomic mass is 9.99. The van der Waals surface area contributed by atoms with Gasteiger partial charge in [0.2, 0.25) is 5.95 Å². The highest BCUT2D eigenvalue weighted by Crippen LogP contribution is 2.32. The van der Waals surface area contributed by atoms with Crippen molar-refractivity contribution in [1.29, 1.82) is 0 Å². The van der Waals surface area contributed by atoms with Crippen LogP contribution in [-0.2, 0) is 19.4 Å². The molecule has 5 nitrogen and oxygen atoms in total. The number of nitrogens with zero attached hydrogens (tertiary/aromatic N) is 4. The van der Waals surface area contributed by atoms with E-state index in [0.29, 0.717) is 18.1 Å². The third-order valence-electron chi connectivity index (χ3n) is 5.43. The van der Waals surface area contributed by atoms with Crippen LogP contribution in [0.2, 0.25) is 0 Å². The number of amides is 1. The minimum absolute atomic E-state index is 0.00197. The van der Waals surface area contributed by atoms with Crippen molar-refractivity contribution in [2.45, 2.75) is 19.4 Å². The van der Waals surface area contributed by atoms with E-state index in [-0.39, 0.29) is 5.91 Å². The number of hydrogen-bond donors (Lipinski definition) is 0. The fourth-order valence-electron chi connectivity index (χ4n) is 3.97. The fourth-order valence-corrected chi connectivity index (χ4v) is 3.97. The van der Waals surface area contributed by atoms with Gasteiger partial charge in [-0.2, -0.15) is 0 Å². The molecule has 27 heavy (non-hydrogen) atoms. The van der Waals surface area contributed by atoms with Crippen molar-refractivity contribution in [3.63, 3.8) is 0 Å². The van der Waals surface area contributed by atoms with Crippen LogP contribution in [0.1, 0.15) is 27.0 Å². The molecule has 0 N–H and O–H groups in total. The van der Waals surface area contributed by atoms with Gasteiger partial charge in [-0.1, -0.05) is 42.5 Å². The average molecular weight is 356 g/mol. The minimum Gasteiger partial charge on any atom is -0.334 e. The van der Waals surface area contributed by atoms with Crippen molar-refractivity contribution < 1.29 is 4.79 Å². The number of rotatable bonds is 2. The van der Waals surface area contributed by atoms with Crippen molar-refractivity contribution in [3.8, 4) is 0 Å². The molecular formula is C22H20N4O. The van der Waals surface area contributed by atoms with Crippen LogP contribution in [0.5, 0.6) is 0 Å². The lowest BCUT2D eigenvalue weighted by Gasteiger charge is -2.28. The molecular weight excluding hydrogens is 336 g/mol. The van der Waals surface area contributed by atoms with Crippen LogP contribution < -0.4 is 4.90 Å². The SMILES string of the molecule is O=C(c1cnc(N2CCc3ccccc32)nc1)N1CCc2ccccc2C1. The molecule has 134 valence electrons. The lowest BCUT2D eigenvalue weighted by molar-refractivity contribution is 0.0734. The molecule has 0 atom stereocenters. The van der Waals surface area contributed by atoms with Crippen LogP contribution in [0, 0.1) is 0 Å². The zero-order valence-corrected chi connectivity index (χ0v) is 15.0. The molecule has 0 bridgehead atoms. The maximum absolute atomic E-state index is 12.9. The molecule has 0 spiro atoms. The molecule has 0 fully saturated rings. The highest BCUT2D eigenvalue weighted by molar-refractivity contribution is 5.94. The van der Waals surface area contributed by atoms with Gasteiger partial charge in [0.1, 0.15) is 0 Å². The predicted molar refractivity (Wildman–Crippen MR) is 104 cm³/mol. The predicted octanol–water partition coefficient (Wildman–Crippen LogP) is 3.37. The van der Waals surface area contributed by atoms with Crippen molar-refractivity contribution in [1.82, 2.24) is 14.9 Å². The Hall–Kier alpha value is -3.21. The van der Waals surface area contributed by atoms with Gasteiger partial charge in [-0.25, -0.2) is 9.97 Å². The molecule has 0 aliphatic carbocycles. The van der Waals surface area contributed by atoms with E-state index in [1.54, 1.807) is 12.4 Å². The van der Waals surface area contributed by atoms with Gasteiger partial charge in [0.15, 0.2) is 0 Å². The van der Waals surface area contributed by atoms with Crippen LogP contribution in [-0.4, -0.2) is 33.9 Å². The number of carbonyl (C=O) groups excluding carboxylic acids is 1. The fraction of sp³-hybridized carbons (Fsp3) is 0.227. The molecule has 5 heteroatoms. The Morgan fingerprint density at radius 3 is 2.30 bits per heavy atom. The molecule has 0 unspecified atom stereocenters. The molecule has 1 aromatic heterocycles. The van der Waals surface area contributed by atoms with Gasteiger partial charge >= 0.3 is 0 Å². The topological polar surface area (TPSA) is 49.3 Å². The van der Waals surface area contributed by atoms with Crippen molar-refractivity contribution in [2.24, 2.45) is 0 Å². The Morgan fingerprint density at radius 2 is 1.48 bits per heavy atom. The van der Waals surface area contributed by atoms with Gasteiger partial charge in [-0.15, -0.1) is 0 Å². The maximum atomic E-state index is 12.9. The highest BCUT2D eigenvalue weighted by atomic mass is 16.2. The van der Waals surface area contributed by atoms with E-state index in [4.69, 9.17) is 0 Å². The molecule has 3 aromatic rings. The van der Waals surface area contributed by atoms with E-state index in [9.17, 15) is 4.79 Å². The van der Waals surface area contributed by atoms with E-state index in [1.807, 2.05) is 17.0 Å². The molecule has 0 radical (unpaired) electrons. The zero-order chi connectivity index (χ0) is 18.2. The van der Waals surface area contributed by atoms with E-state index >= 15 is 0 Å². The normalized spacial score (nSPS) is 15.4. The summed E-state index contributed by atoms with van der Waals surface area (Å²) >= 11 is 0. The second kappa shape index (κ2) is 6.50. The highest BCUT2D eigenvalue weighted by Gasteiger charge is 2.24. The summed E-state index contributed by atoms with van der Waals surface area (Å²) in [6, 6.07) is 16.6. The van der Waals surface area contributed by atoms with Crippen molar-refractivity contribution in [3.05, 3.63) is 83.2 Å². The van der Waals surface area contributed by atoms with Crippen LogP contribution in [0.15, 0.2) is 60.9 Å². The molecule has 1 amide bonds. The Bertz CT molecular complexity index is 999. The summed E-state index contributed by atoms with van der Waals surface area (Å²) in [4.78, 5) is 25.8. The smallest absolute Gasteiger partial charge is 0.257 e. The van der Waals surface area contributed by atoms with Gasteiger partial charge in [0, 0.05) is 37.7 Å². The summed E-state index contributed by atoms with van der Waals surface area (Å²) in [7, 11) is 0. The van der Waals surface area contributed by atoms with Crippen molar-refractivity contribution in [2.75, 3.05) is 18.0 Å². The third-order valence-corrected chi connectivity index (χ3v) is 5.43. The number of fused-ring (bicyclic) bond motifs is 2. The van der Waals surface area contributed by atoms with Gasteiger partial charge in [-0.3, -0.25) is 4.79 Å². The number of aromatic nitrogens is 2. The van der Waals surface area contributed by atoms with E-state index in [1.165, 1.54) is 16.7 Å². The number of benzene rings is 2. The first-order chi connectivity index (χ1) is 13.3. The third kappa shape index (κ3) is 2.85. The second-order valence-corrected chi connectivity index (χ2v) is 7.05. The molecule has 2 aliphatic heterocycles. The van der Waals surface area contributed by atoms with Crippen LogP contribution >= 0.6 is 0 Å². The number of para-hydroxylation sites is 1. The molecule has 2 aliphatic rings. The summed E-state index contributed by atoms with van der Waals surface area (Å²) in [6.45, 7) is 2.25.